The Morgan fingerprint density at radius 3 is 2.81 bits per heavy atom. The smallest absolute Gasteiger partial charge is 0.130 e. The van der Waals surface area contributed by atoms with E-state index in [1.165, 1.54) is 31.2 Å². The summed E-state index contributed by atoms with van der Waals surface area (Å²) in [6.07, 6.45) is 7.18. The van der Waals surface area contributed by atoms with Crippen LogP contribution in [0.4, 0.5) is 0 Å². The van der Waals surface area contributed by atoms with Gasteiger partial charge in [0.15, 0.2) is 0 Å². The monoisotopic (exact) mass is 366 g/mol. The van der Waals surface area contributed by atoms with Crippen LogP contribution in [0.1, 0.15) is 36.9 Å². The minimum absolute atomic E-state index is 0.499. The molecule has 3 unspecified atom stereocenters. The molecule has 1 aromatic carbocycles. The summed E-state index contributed by atoms with van der Waals surface area (Å²) in [4.78, 5) is 6.74. The number of para-hydroxylation sites is 1. The molecule has 2 heterocycles. The maximum Gasteiger partial charge on any atom is 0.130 e. The van der Waals surface area contributed by atoms with Gasteiger partial charge in [-0.2, -0.15) is 0 Å². The van der Waals surface area contributed by atoms with E-state index in [0.29, 0.717) is 18.7 Å². The highest BCUT2D eigenvalue weighted by Gasteiger charge is 2.37. The van der Waals surface area contributed by atoms with E-state index < -0.39 is 0 Å². The Morgan fingerprint density at radius 1 is 1.07 bits per heavy atom. The van der Waals surface area contributed by atoms with Crippen LogP contribution in [0.2, 0.25) is 0 Å². The first kappa shape index (κ1) is 18.4. The predicted molar refractivity (Wildman–Crippen MR) is 107 cm³/mol. The molecule has 0 amide bonds. The number of rotatable bonds is 7. The van der Waals surface area contributed by atoms with E-state index in [1.807, 2.05) is 24.3 Å². The van der Waals surface area contributed by atoms with E-state index >= 15 is 0 Å². The quantitative estimate of drug-likeness (QED) is 0.788. The number of nitrogens with one attached hydrogen (secondary N) is 2. The van der Waals surface area contributed by atoms with Crippen molar-refractivity contribution in [2.24, 2.45) is 5.92 Å². The fraction of sp³-hybridized carbons (Fsp3) is 0.500. The molecule has 1 aliphatic carbocycles. The highest BCUT2D eigenvalue weighted by molar-refractivity contribution is 5.33. The summed E-state index contributed by atoms with van der Waals surface area (Å²) < 4.78 is 6.06. The van der Waals surface area contributed by atoms with Crippen LogP contribution in [0.3, 0.4) is 0 Å². The number of hydrogen-bond acceptors (Lipinski definition) is 5. The Labute approximate surface area is 162 Å². The first-order valence-electron chi connectivity index (χ1n) is 10.1. The predicted octanol–water partition coefficient (Wildman–Crippen LogP) is 3.13. The summed E-state index contributed by atoms with van der Waals surface area (Å²) in [5.74, 6) is 1.71. The average Bonchev–Trinajstić information content (AvgIpc) is 3.11. The zero-order valence-corrected chi connectivity index (χ0v) is 16.1. The Bertz CT molecular complexity index is 723. The summed E-state index contributed by atoms with van der Waals surface area (Å²) in [6, 6.07) is 15.4. The fourth-order valence-electron chi connectivity index (χ4n) is 4.42. The Kier molecular flexibility index (Phi) is 6.02. The van der Waals surface area contributed by atoms with Gasteiger partial charge in [0.05, 0.1) is 5.69 Å². The second kappa shape index (κ2) is 8.83. The maximum absolute atomic E-state index is 6.06. The molecule has 0 bridgehead atoms. The number of aromatic nitrogens is 1. The van der Waals surface area contributed by atoms with Gasteiger partial charge < -0.3 is 9.64 Å². The molecule has 3 atom stereocenters. The fourth-order valence-corrected chi connectivity index (χ4v) is 4.42. The van der Waals surface area contributed by atoms with Gasteiger partial charge in [-0.1, -0.05) is 37.1 Å². The lowest BCUT2D eigenvalue weighted by molar-refractivity contribution is 0.232. The average molecular weight is 367 g/mol. The zero-order chi connectivity index (χ0) is 18.5. The third kappa shape index (κ3) is 4.67. The van der Waals surface area contributed by atoms with Crippen molar-refractivity contribution < 1.29 is 4.74 Å². The Morgan fingerprint density at radius 2 is 1.93 bits per heavy atom. The largest absolute Gasteiger partial charge is 0.487 e. The van der Waals surface area contributed by atoms with Gasteiger partial charge in [-0.15, -0.1) is 0 Å². The van der Waals surface area contributed by atoms with E-state index in [9.17, 15) is 0 Å². The molecule has 4 rings (SSSR count). The van der Waals surface area contributed by atoms with Crippen molar-refractivity contribution in [2.45, 2.75) is 50.9 Å². The molecule has 2 aromatic rings. The summed E-state index contributed by atoms with van der Waals surface area (Å²) in [7, 11) is 2.20. The normalized spacial score (nSPS) is 24.7. The minimum atomic E-state index is 0.499. The second-order valence-electron chi connectivity index (χ2n) is 7.86. The van der Waals surface area contributed by atoms with Crippen LogP contribution in [0.25, 0.3) is 0 Å². The summed E-state index contributed by atoms with van der Waals surface area (Å²) in [5.41, 5.74) is 9.24. The molecule has 1 saturated heterocycles. The number of pyridine rings is 1. The van der Waals surface area contributed by atoms with Crippen LogP contribution < -0.4 is 15.6 Å². The zero-order valence-electron chi connectivity index (χ0n) is 16.1. The standard InChI is InChI=1S/C22H30N4O/c1-26(15-21-19-10-3-4-11-20(19)24-25-21)14-17-8-2-5-12-22(17)27-16-18-9-6-7-13-23-18/h2,5-9,12-13,19-21,24-25H,3-4,10-11,14-16H2,1H3. The van der Waals surface area contributed by atoms with Crippen LogP contribution in [-0.2, 0) is 13.2 Å². The molecular formula is C22H30N4O. The van der Waals surface area contributed by atoms with Crippen molar-refractivity contribution in [2.75, 3.05) is 13.6 Å². The molecule has 0 spiro atoms. The van der Waals surface area contributed by atoms with Gasteiger partial charge in [0.25, 0.3) is 0 Å². The van der Waals surface area contributed by atoms with Gasteiger partial charge in [-0.3, -0.25) is 15.8 Å². The molecule has 2 fully saturated rings. The molecule has 2 N–H and O–H groups in total. The summed E-state index contributed by atoms with van der Waals surface area (Å²) >= 11 is 0. The van der Waals surface area contributed by atoms with E-state index in [2.05, 4.69) is 46.0 Å². The SMILES string of the molecule is CN(Cc1ccccc1OCc1ccccn1)CC1NNC2CCCCC21. The lowest BCUT2D eigenvalue weighted by atomic mass is 9.81. The van der Waals surface area contributed by atoms with Crippen LogP contribution >= 0.6 is 0 Å². The number of benzene rings is 1. The first-order valence-corrected chi connectivity index (χ1v) is 10.1. The van der Waals surface area contributed by atoms with Crippen molar-refractivity contribution in [1.29, 1.82) is 0 Å². The van der Waals surface area contributed by atoms with Crippen LogP contribution in [0, 0.1) is 5.92 Å². The summed E-state index contributed by atoms with van der Waals surface area (Å²) in [6.45, 7) is 2.43. The lowest BCUT2D eigenvalue weighted by Gasteiger charge is -2.29. The first-order chi connectivity index (χ1) is 13.3. The van der Waals surface area contributed by atoms with Crippen molar-refractivity contribution in [1.82, 2.24) is 20.7 Å². The third-order valence-corrected chi connectivity index (χ3v) is 5.81. The van der Waals surface area contributed by atoms with Crippen molar-refractivity contribution in [3.05, 3.63) is 59.9 Å². The second-order valence-corrected chi connectivity index (χ2v) is 7.86. The molecule has 144 valence electrons. The molecule has 1 aliphatic heterocycles. The Hall–Kier alpha value is -1.95. The topological polar surface area (TPSA) is 49.4 Å². The van der Waals surface area contributed by atoms with E-state index in [0.717, 1.165) is 30.5 Å². The number of ether oxygens (including phenoxy) is 1. The number of hydrogen-bond donors (Lipinski definition) is 2. The van der Waals surface area contributed by atoms with Crippen LogP contribution in [-0.4, -0.2) is 35.6 Å². The maximum atomic E-state index is 6.06. The van der Waals surface area contributed by atoms with Crippen LogP contribution in [0.5, 0.6) is 5.75 Å². The highest BCUT2D eigenvalue weighted by Crippen LogP contribution is 2.30. The van der Waals surface area contributed by atoms with Gasteiger partial charge >= 0.3 is 0 Å². The number of nitrogens with zero attached hydrogens (tertiary/aromatic N) is 2. The van der Waals surface area contributed by atoms with Gasteiger partial charge in [0.2, 0.25) is 0 Å². The van der Waals surface area contributed by atoms with Gasteiger partial charge in [-0.25, -0.2) is 0 Å². The van der Waals surface area contributed by atoms with E-state index in [4.69, 9.17) is 4.74 Å². The van der Waals surface area contributed by atoms with E-state index in [-0.39, 0.29) is 0 Å². The van der Waals surface area contributed by atoms with Gasteiger partial charge in [0.1, 0.15) is 12.4 Å². The molecule has 5 nitrogen and oxygen atoms in total. The molecule has 27 heavy (non-hydrogen) atoms. The molecule has 1 saturated carbocycles. The summed E-state index contributed by atoms with van der Waals surface area (Å²) in [5, 5.41) is 0. The lowest BCUT2D eigenvalue weighted by Crippen LogP contribution is -2.41. The number of fused-ring (bicyclic) bond motifs is 1. The minimum Gasteiger partial charge on any atom is -0.487 e. The van der Waals surface area contributed by atoms with Crippen molar-refractivity contribution >= 4 is 0 Å². The Balaban J connectivity index is 1.34. The molecule has 5 heteroatoms. The van der Waals surface area contributed by atoms with E-state index in [1.54, 1.807) is 6.20 Å². The highest BCUT2D eigenvalue weighted by atomic mass is 16.5. The molecule has 0 radical (unpaired) electrons. The van der Waals surface area contributed by atoms with Gasteiger partial charge in [0, 0.05) is 36.9 Å². The van der Waals surface area contributed by atoms with Crippen molar-refractivity contribution in [3.8, 4) is 5.75 Å². The molecule has 1 aromatic heterocycles. The van der Waals surface area contributed by atoms with Crippen LogP contribution in [0.15, 0.2) is 48.7 Å². The molecular weight excluding hydrogens is 336 g/mol. The van der Waals surface area contributed by atoms with Crippen molar-refractivity contribution in [3.63, 3.8) is 0 Å². The number of likely N-dealkylation sites (N-methyl/N-ethyl adjacent to an activating group) is 1. The molecule has 2 aliphatic rings. The third-order valence-electron chi connectivity index (χ3n) is 5.81. The number of hydrazine groups is 1. The van der Waals surface area contributed by atoms with Gasteiger partial charge in [-0.05, 0) is 44.0 Å².